The molecule has 2 N–H and O–H groups in total. The monoisotopic (exact) mass is 239 g/mol. The lowest BCUT2D eigenvalue weighted by molar-refractivity contribution is 0.352. The van der Waals surface area contributed by atoms with Crippen LogP contribution in [0.5, 0.6) is 5.75 Å². The first kappa shape index (κ1) is 14.0. The average Bonchev–Trinajstić information content (AvgIpc) is 2.27. The van der Waals surface area contributed by atoms with Crippen molar-refractivity contribution in [2.45, 2.75) is 46.2 Å². The zero-order chi connectivity index (χ0) is 12.8. The predicted octanol–water partition coefficient (Wildman–Crippen LogP) is 3.45. The number of rotatable bonds is 6. The topological polar surface area (TPSA) is 32.3 Å². The number of benzene rings is 1. The van der Waals surface area contributed by atoms with E-state index in [4.69, 9.17) is 0 Å². The van der Waals surface area contributed by atoms with Crippen LogP contribution in [-0.4, -0.2) is 11.1 Å². The Morgan fingerprint density at radius 1 is 1.24 bits per heavy atom. The Balaban J connectivity index is 2.55. The van der Waals surface area contributed by atoms with Crippen molar-refractivity contribution in [3.05, 3.63) is 29.6 Å². The Labute approximate surface area is 103 Å². The predicted molar refractivity (Wildman–Crippen MR) is 68.4 cm³/mol. The average molecular weight is 239 g/mol. The lowest BCUT2D eigenvalue weighted by Gasteiger charge is -2.22. The Morgan fingerprint density at radius 2 is 1.88 bits per heavy atom. The van der Waals surface area contributed by atoms with Gasteiger partial charge in [0.25, 0.3) is 0 Å². The number of nitrogens with one attached hydrogen (secondary N) is 1. The summed E-state index contributed by atoms with van der Waals surface area (Å²) in [5, 5.41) is 12.7. The normalized spacial score (nSPS) is 13.0. The fourth-order valence-corrected chi connectivity index (χ4v) is 2.18. The van der Waals surface area contributed by atoms with Crippen LogP contribution in [0.4, 0.5) is 4.39 Å². The third-order valence-electron chi connectivity index (χ3n) is 3.33. The first-order valence-electron chi connectivity index (χ1n) is 6.28. The summed E-state index contributed by atoms with van der Waals surface area (Å²) in [6, 6.07) is 4.56. The standard InChI is InChI=1S/C14H22FNO/c1-4-12(5-2)10(3)16-9-11-6-13(15)8-14(17)7-11/h6-8,10,12,16-17H,4-5,9H2,1-3H3. The Hall–Kier alpha value is -1.09. The molecule has 2 nitrogen and oxygen atoms in total. The molecule has 1 unspecified atom stereocenters. The first-order valence-corrected chi connectivity index (χ1v) is 6.28. The minimum absolute atomic E-state index is 0.0167. The van der Waals surface area contributed by atoms with Crippen LogP contribution in [0.2, 0.25) is 0 Å². The van der Waals surface area contributed by atoms with Gasteiger partial charge in [0.1, 0.15) is 11.6 Å². The minimum atomic E-state index is -0.392. The van der Waals surface area contributed by atoms with Gasteiger partial charge >= 0.3 is 0 Å². The fraction of sp³-hybridized carbons (Fsp3) is 0.571. The zero-order valence-corrected chi connectivity index (χ0v) is 10.8. The maximum atomic E-state index is 13.1. The van der Waals surface area contributed by atoms with Crippen LogP contribution in [-0.2, 0) is 6.54 Å². The van der Waals surface area contributed by atoms with Crippen LogP contribution in [0.1, 0.15) is 39.2 Å². The number of aromatic hydroxyl groups is 1. The highest BCUT2D eigenvalue weighted by Gasteiger charge is 2.12. The Kier molecular flexibility index (Phi) is 5.42. The molecule has 0 aromatic heterocycles. The second kappa shape index (κ2) is 6.60. The number of phenols is 1. The van der Waals surface area contributed by atoms with Gasteiger partial charge in [0.2, 0.25) is 0 Å². The van der Waals surface area contributed by atoms with Crippen molar-refractivity contribution >= 4 is 0 Å². The third-order valence-corrected chi connectivity index (χ3v) is 3.33. The molecule has 1 aromatic rings. The summed E-state index contributed by atoms with van der Waals surface area (Å²) in [5.41, 5.74) is 0.778. The molecule has 96 valence electrons. The van der Waals surface area contributed by atoms with Gasteiger partial charge in [-0.1, -0.05) is 26.7 Å². The minimum Gasteiger partial charge on any atom is -0.508 e. The molecule has 17 heavy (non-hydrogen) atoms. The lowest BCUT2D eigenvalue weighted by atomic mass is 9.95. The summed E-state index contributed by atoms with van der Waals surface area (Å²) in [6.07, 6.45) is 2.28. The molecule has 0 bridgehead atoms. The van der Waals surface area contributed by atoms with Crippen LogP contribution in [0, 0.1) is 11.7 Å². The molecule has 0 saturated carbocycles. The summed E-state index contributed by atoms with van der Waals surface area (Å²) in [4.78, 5) is 0. The lowest BCUT2D eigenvalue weighted by Crippen LogP contribution is -2.32. The molecule has 1 atom stereocenters. The van der Waals surface area contributed by atoms with Crippen molar-refractivity contribution in [1.82, 2.24) is 5.32 Å². The van der Waals surface area contributed by atoms with Crippen LogP contribution in [0.3, 0.4) is 0 Å². The van der Waals surface area contributed by atoms with Gasteiger partial charge in [-0.15, -0.1) is 0 Å². The third kappa shape index (κ3) is 4.35. The molecular weight excluding hydrogens is 217 g/mol. The van der Waals surface area contributed by atoms with E-state index in [0.717, 1.165) is 24.5 Å². The van der Waals surface area contributed by atoms with Crippen molar-refractivity contribution in [1.29, 1.82) is 0 Å². The van der Waals surface area contributed by atoms with Crippen molar-refractivity contribution in [2.24, 2.45) is 5.92 Å². The van der Waals surface area contributed by atoms with E-state index in [0.29, 0.717) is 18.5 Å². The highest BCUT2D eigenvalue weighted by molar-refractivity contribution is 5.28. The van der Waals surface area contributed by atoms with Crippen LogP contribution >= 0.6 is 0 Å². The van der Waals surface area contributed by atoms with E-state index in [9.17, 15) is 9.50 Å². The summed E-state index contributed by atoms with van der Waals surface area (Å²) in [7, 11) is 0. The highest BCUT2D eigenvalue weighted by Crippen LogP contribution is 2.16. The molecular formula is C14H22FNO. The van der Waals surface area contributed by atoms with Crippen molar-refractivity contribution in [3.63, 3.8) is 0 Å². The maximum absolute atomic E-state index is 13.1. The van der Waals surface area contributed by atoms with Crippen LogP contribution in [0.25, 0.3) is 0 Å². The molecule has 0 aliphatic heterocycles. The molecule has 3 heteroatoms. The fourth-order valence-electron chi connectivity index (χ4n) is 2.18. The SMILES string of the molecule is CCC(CC)C(C)NCc1cc(O)cc(F)c1. The molecule has 0 heterocycles. The van der Waals surface area contributed by atoms with E-state index in [1.54, 1.807) is 6.07 Å². The van der Waals surface area contributed by atoms with Gasteiger partial charge in [-0.05, 0) is 30.5 Å². The molecule has 0 fully saturated rings. The summed E-state index contributed by atoms with van der Waals surface area (Å²) >= 11 is 0. The quantitative estimate of drug-likeness (QED) is 0.797. The summed E-state index contributed by atoms with van der Waals surface area (Å²) in [5.74, 6) is 0.228. The van der Waals surface area contributed by atoms with Crippen molar-refractivity contribution < 1.29 is 9.50 Å². The zero-order valence-electron chi connectivity index (χ0n) is 10.8. The largest absolute Gasteiger partial charge is 0.508 e. The molecule has 0 amide bonds. The number of phenolic OH excluding ortho intramolecular Hbond substituents is 1. The summed E-state index contributed by atoms with van der Waals surface area (Å²) in [6.45, 7) is 7.10. The van der Waals surface area contributed by atoms with Gasteiger partial charge in [-0.3, -0.25) is 0 Å². The van der Waals surface area contributed by atoms with Gasteiger partial charge in [0, 0.05) is 18.7 Å². The van der Waals surface area contributed by atoms with E-state index in [-0.39, 0.29) is 5.75 Å². The first-order chi connectivity index (χ1) is 8.06. The maximum Gasteiger partial charge on any atom is 0.127 e. The van der Waals surface area contributed by atoms with Gasteiger partial charge < -0.3 is 10.4 Å². The Morgan fingerprint density at radius 3 is 2.41 bits per heavy atom. The smallest absolute Gasteiger partial charge is 0.127 e. The van der Waals surface area contributed by atoms with Crippen molar-refractivity contribution in [2.75, 3.05) is 0 Å². The number of hydrogen-bond donors (Lipinski definition) is 2. The van der Waals surface area contributed by atoms with E-state index >= 15 is 0 Å². The highest BCUT2D eigenvalue weighted by atomic mass is 19.1. The second-order valence-electron chi connectivity index (χ2n) is 4.56. The van der Waals surface area contributed by atoms with Crippen LogP contribution in [0.15, 0.2) is 18.2 Å². The summed E-state index contributed by atoms with van der Waals surface area (Å²) < 4.78 is 13.1. The van der Waals surface area contributed by atoms with E-state index < -0.39 is 5.82 Å². The molecule has 0 spiro atoms. The number of hydrogen-bond acceptors (Lipinski definition) is 2. The van der Waals surface area contributed by atoms with Crippen molar-refractivity contribution in [3.8, 4) is 5.75 Å². The Bertz CT molecular complexity index is 330. The van der Waals surface area contributed by atoms with E-state index in [1.165, 1.54) is 6.07 Å². The van der Waals surface area contributed by atoms with Crippen LogP contribution < -0.4 is 5.32 Å². The van der Waals surface area contributed by atoms with Gasteiger partial charge in [-0.2, -0.15) is 0 Å². The van der Waals surface area contributed by atoms with Gasteiger partial charge in [-0.25, -0.2) is 4.39 Å². The molecule has 0 aliphatic rings. The number of halogens is 1. The molecule has 0 aliphatic carbocycles. The van der Waals surface area contributed by atoms with Gasteiger partial charge in [0.05, 0.1) is 0 Å². The van der Waals surface area contributed by atoms with E-state index in [2.05, 4.69) is 26.1 Å². The van der Waals surface area contributed by atoms with Gasteiger partial charge in [0.15, 0.2) is 0 Å². The molecule has 1 rings (SSSR count). The molecule has 0 radical (unpaired) electrons. The van der Waals surface area contributed by atoms with E-state index in [1.807, 2.05) is 0 Å². The molecule has 1 aromatic carbocycles. The second-order valence-corrected chi connectivity index (χ2v) is 4.56. The molecule has 0 saturated heterocycles.